The minimum atomic E-state index is -0.328. The summed E-state index contributed by atoms with van der Waals surface area (Å²) in [5, 5.41) is 2.94. The Labute approximate surface area is 88.1 Å². The number of hydrogen-bond acceptors (Lipinski definition) is 4. The van der Waals surface area contributed by atoms with E-state index in [2.05, 4.69) is 12.2 Å². The fourth-order valence-corrected chi connectivity index (χ4v) is 2.28. The van der Waals surface area contributed by atoms with Crippen molar-refractivity contribution < 1.29 is 9.53 Å². The number of likely N-dealkylation sites (N-methyl/N-ethyl adjacent to an activating group) is 1. The molecule has 14 heavy (non-hydrogen) atoms. The molecule has 0 aliphatic carbocycles. The van der Waals surface area contributed by atoms with Gasteiger partial charge in [0.25, 0.3) is 0 Å². The monoisotopic (exact) mass is 213 g/mol. The van der Waals surface area contributed by atoms with E-state index in [1.54, 1.807) is 18.4 Å². The minimum Gasteiger partial charge on any atom is -0.468 e. The molecule has 1 atom stereocenters. The Bertz CT molecular complexity index is 309. The highest BCUT2D eigenvalue weighted by atomic mass is 32.1. The maximum Gasteiger partial charge on any atom is 0.328 e. The Morgan fingerprint density at radius 3 is 2.79 bits per heavy atom. The van der Waals surface area contributed by atoms with Gasteiger partial charge in [0.1, 0.15) is 6.04 Å². The average molecular weight is 213 g/mol. The number of thiophene rings is 1. The van der Waals surface area contributed by atoms with E-state index >= 15 is 0 Å². The number of rotatable bonds is 4. The van der Waals surface area contributed by atoms with Crippen molar-refractivity contribution in [3.8, 4) is 0 Å². The molecule has 0 saturated carbocycles. The van der Waals surface area contributed by atoms with Crippen molar-refractivity contribution in [3.63, 3.8) is 0 Å². The van der Waals surface area contributed by atoms with Crippen LogP contribution in [0.2, 0.25) is 0 Å². The lowest BCUT2D eigenvalue weighted by Crippen LogP contribution is -2.25. The zero-order chi connectivity index (χ0) is 10.6. The summed E-state index contributed by atoms with van der Waals surface area (Å²) < 4.78 is 4.71. The molecule has 0 aliphatic rings. The second-order valence-electron chi connectivity index (χ2n) is 2.90. The van der Waals surface area contributed by atoms with Gasteiger partial charge in [-0.15, -0.1) is 11.3 Å². The van der Waals surface area contributed by atoms with Gasteiger partial charge >= 0.3 is 5.97 Å². The summed E-state index contributed by atoms with van der Waals surface area (Å²) in [7, 11) is 3.16. The summed E-state index contributed by atoms with van der Waals surface area (Å²) >= 11 is 1.65. The van der Waals surface area contributed by atoms with E-state index < -0.39 is 0 Å². The maximum atomic E-state index is 11.4. The van der Waals surface area contributed by atoms with Gasteiger partial charge in [-0.3, -0.25) is 0 Å². The molecular weight excluding hydrogens is 198 g/mol. The number of ether oxygens (including phenoxy) is 1. The molecule has 4 heteroatoms. The van der Waals surface area contributed by atoms with Crippen LogP contribution in [0.1, 0.15) is 22.7 Å². The van der Waals surface area contributed by atoms with Crippen molar-refractivity contribution in [2.45, 2.75) is 19.4 Å². The number of carbonyl (C=O) groups excluding carboxylic acids is 1. The molecule has 78 valence electrons. The molecule has 0 radical (unpaired) electrons. The van der Waals surface area contributed by atoms with Gasteiger partial charge in [-0.1, -0.05) is 6.92 Å². The first-order chi connectivity index (χ1) is 6.72. The molecule has 0 fully saturated rings. The van der Waals surface area contributed by atoms with Crippen molar-refractivity contribution >= 4 is 17.3 Å². The number of nitrogens with one attached hydrogen (secondary N) is 1. The van der Waals surface area contributed by atoms with Crippen LogP contribution in [0.3, 0.4) is 0 Å². The lowest BCUT2D eigenvalue weighted by molar-refractivity contribution is -0.143. The van der Waals surface area contributed by atoms with Crippen molar-refractivity contribution in [2.24, 2.45) is 0 Å². The summed E-state index contributed by atoms with van der Waals surface area (Å²) in [5.41, 5.74) is 0. The Morgan fingerprint density at radius 1 is 1.64 bits per heavy atom. The number of carbonyl (C=O) groups is 1. The topological polar surface area (TPSA) is 38.3 Å². The van der Waals surface area contributed by atoms with Gasteiger partial charge in [-0.25, -0.2) is 4.79 Å². The highest BCUT2D eigenvalue weighted by molar-refractivity contribution is 7.12. The first-order valence-electron chi connectivity index (χ1n) is 4.56. The summed E-state index contributed by atoms with van der Waals surface area (Å²) in [5.74, 6) is -0.239. The van der Waals surface area contributed by atoms with E-state index in [9.17, 15) is 4.79 Å². The normalized spacial score (nSPS) is 12.5. The van der Waals surface area contributed by atoms with Gasteiger partial charge in [0.05, 0.1) is 7.11 Å². The Kier molecular flexibility index (Phi) is 4.10. The van der Waals surface area contributed by atoms with Gasteiger partial charge in [0.15, 0.2) is 0 Å². The smallest absolute Gasteiger partial charge is 0.328 e. The van der Waals surface area contributed by atoms with Crippen LogP contribution in [0.4, 0.5) is 0 Å². The molecule has 1 heterocycles. The third-order valence-electron chi connectivity index (χ3n) is 2.04. The van der Waals surface area contributed by atoms with Gasteiger partial charge in [-0.2, -0.15) is 0 Å². The minimum absolute atomic E-state index is 0.239. The summed E-state index contributed by atoms with van der Waals surface area (Å²) in [6.07, 6.45) is 1.00. The Morgan fingerprint density at radius 2 is 2.36 bits per heavy atom. The fraction of sp³-hybridized carbons (Fsp3) is 0.500. The van der Waals surface area contributed by atoms with Crippen molar-refractivity contribution in [1.82, 2.24) is 5.32 Å². The molecule has 1 aromatic heterocycles. The molecule has 1 rings (SSSR count). The predicted molar refractivity (Wildman–Crippen MR) is 57.5 cm³/mol. The largest absolute Gasteiger partial charge is 0.468 e. The van der Waals surface area contributed by atoms with Crippen LogP contribution < -0.4 is 5.32 Å². The maximum absolute atomic E-state index is 11.4. The van der Waals surface area contributed by atoms with Gasteiger partial charge in [-0.05, 0) is 25.6 Å². The van der Waals surface area contributed by atoms with Crippen molar-refractivity contribution in [1.29, 1.82) is 0 Å². The molecule has 1 aromatic rings. The highest BCUT2D eigenvalue weighted by Gasteiger charge is 2.20. The summed E-state index contributed by atoms with van der Waals surface area (Å²) in [6, 6.07) is 3.69. The first kappa shape index (κ1) is 11.2. The van der Waals surface area contributed by atoms with Gasteiger partial charge < -0.3 is 10.1 Å². The SMILES string of the molecule is CCc1ccc(C(NC)C(=O)OC)s1. The molecule has 0 aliphatic heterocycles. The van der Waals surface area contributed by atoms with Crippen LogP contribution in [0.5, 0.6) is 0 Å². The molecule has 1 unspecified atom stereocenters. The van der Waals surface area contributed by atoms with Crippen LogP contribution in [0, 0.1) is 0 Å². The number of aryl methyl sites for hydroxylation is 1. The molecule has 0 amide bonds. The average Bonchev–Trinajstić information content (AvgIpc) is 2.67. The molecule has 3 nitrogen and oxygen atoms in total. The highest BCUT2D eigenvalue weighted by Crippen LogP contribution is 2.24. The van der Waals surface area contributed by atoms with E-state index in [1.807, 2.05) is 12.1 Å². The summed E-state index contributed by atoms with van der Waals surface area (Å²) in [6.45, 7) is 2.10. The predicted octanol–water partition coefficient (Wildman–Crippen LogP) is 1.74. The number of hydrogen-bond donors (Lipinski definition) is 1. The number of esters is 1. The van der Waals surface area contributed by atoms with E-state index in [1.165, 1.54) is 12.0 Å². The molecular formula is C10H15NO2S. The lowest BCUT2D eigenvalue weighted by Gasteiger charge is -2.10. The zero-order valence-corrected chi connectivity index (χ0v) is 9.48. The number of methoxy groups -OCH3 is 1. The zero-order valence-electron chi connectivity index (χ0n) is 8.66. The van der Waals surface area contributed by atoms with Crippen LogP contribution >= 0.6 is 11.3 Å². The van der Waals surface area contributed by atoms with Crippen LogP contribution in [-0.2, 0) is 16.0 Å². The molecule has 0 bridgehead atoms. The standard InChI is InChI=1S/C10H15NO2S/c1-4-7-5-6-8(14-7)9(11-2)10(12)13-3/h5-6,9,11H,4H2,1-3H3. The van der Waals surface area contributed by atoms with E-state index in [0.717, 1.165) is 11.3 Å². The Balaban J connectivity index is 2.83. The van der Waals surface area contributed by atoms with E-state index in [-0.39, 0.29) is 12.0 Å². The lowest BCUT2D eigenvalue weighted by atomic mass is 10.2. The van der Waals surface area contributed by atoms with E-state index in [4.69, 9.17) is 4.74 Å². The molecule has 0 saturated heterocycles. The molecule has 0 aromatic carbocycles. The second kappa shape index (κ2) is 5.12. The second-order valence-corrected chi connectivity index (χ2v) is 4.10. The van der Waals surface area contributed by atoms with E-state index in [0.29, 0.717) is 0 Å². The van der Waals surface area contributed by atoms with Gasteiger partial charge in [0, 0.05) is 9.75 Å². The van der Waals surface area contributed by atoms with Gasteiger partial charge in [0.2, 0.25) is 0 Å². The third kappa shape index (κ3) is 2.33. The summed E-state index contributed by atoms with van der Waals surface area (Å²) in [4.78, 5) is 13.7. The van der Waals surface area contributed by atoms with Crippen LogP contribution in [0.25, 0.3) is 0 Å². The molecule has 1 N–H and O–H groups in total. The Hall–Kier alpha value is -0.870. The quantitative estimate of drug-likeness (QED) is 0.774. The third-order valence-corrected chi connectivity index (χ3v) is 3.34. The fourth-order valence-electron chi connectivity index (χ4n) is 1.23. The van der Waals surface area contributed by atoms with Crippen LogP contribution in [-0.4, -0.2) is 20.1 Å². The van der Waals surface area contributed by atoms with Crippen molar-refractivity contribution in [3.05, 3.63) is 21.9 Å². The van der Waals surface area contributed by atoms with Crippen LogP contribution in [0.15, 0.2) is 12.1 Å². The first-order valence-corrected chi connectivity index (χ1v) is 5.38. The molecule has 0 spiro atoms. The van der Waals surface area contributed by atoms with Crippen molar-refractivity contribution in [2.75, 3.05) is 14.2 Å².